The molecule has 31 heavy (non-hydrogen) atoms. The molecule has 4 rings (SSSR count). The van der Waals surface area contributed by atoms with Crippen LogP contribution in [0.15, 0.2) is 64.7 Å². The molecule has 1 saturated heterocycles. The van der Waals surface area contributed by atoms with Gasteiger partial charge in [-0.25, -0.2) is 13.7 Å². The van der Waals surface area contributed by atoms with Crippen molar-refractivity contribution in [2.45, 2.75) is 6.61 Å². The summed E-state index contributed by atoms with van der Waals surface area (Å²) in [5.74, 6) is -0.680. The van der Waals surface area contributed by atoms with Gasteiger partial charge in [0, 0.05) is 12.1 Å². The summed E-state index contributed by atoms with van der Waals surface area (Å²) in [7, 11) is 1.51. The lowest BCUT2D eigenvalue weighted by Crippen LogP contribution is -2.30. The SMILES string of the molecule is COc1ccccc1N1C(=O)/C(=C\c2ccc(COc3ccc(F)cc3F)o2)NC1=S. The van der Waals surface area contributed by atoms with Gasteiger partial charge in [-0.15, -0.1) is 0 Å². The molecule has 0 atom stereocenters. The van der Waals surface area contributed by atoms with Gasteiger partial charge in [-0.3, -0.25) is 4.79 Å². The number of carbonyl (C=O) groups excluding carboxylic acids is 1. The van der Waals surface area contributed by atoms with Gasteiger partial charge in [0.1, 0.15) is 35.4 Å². The first-order valence-electron chi connectivity index (χ1n) is 9.13. The number of anilines is 1. The third kappa shape index (κ3) is 4.26. The van der Waals surface area contributed by atoms with Gasteiger partial charge in [-0.1, -0.05) is 12.1 Å². The van der Waals surface area contributed by atoms with Crippen molar-refractivity contribution < 1.29 is 27.5 Å². The van der Waals surface area contributed by atoms with Crippen LogP contribution in [-0.4, -0.2) is 18.1 Å². The lowest BCUT2D eigenvalue weighted by Gasteiger charge is -2.17. The highest BCUT2D eigenvalue weighted by Gasteiger charge is 2.33. The first kappa shape index (κ1) is 20.5. The summed E-state index contributed by atoms with van der Waals surface area (Å²) in [5, 5.41) is 3.08. The van der Waals surface area contributed by atoms with Crippen molar-refractivity contribution in [3.05, 3.63) is 83.4 Å². The molecule has 1 aliphatic rings. The molecule has 0 saturated carbocycles. The summed E-state index contributed by atoms with van der Waals surface area (Å²) in [6.07, 6.45) is 1.51. The number of ether oxygens (including phenoxy) is 2. The number of hydrogen-bond donors (Lipinski definition) is 1. The normalized spacial score (nSPS) is 14.8. The Morgan fingerprint density at radius 3 is 2.71 bits per heavy atom. The van der Waals surface area contributed by atoms with E-state index < -0.39 is 11.6 Å². The maximum absolute atomic E-state index is 13.7. The Morgan fingerprint density at radius 2 is 1.94 bits per heavy atom. The minimum atomic E-state index is -0.806. The van der Waals surface area contributed by atoms with E-state index in [1.807, 2.05) is 0 Å². The monoisotopic (exact) mass is 442 g/mol. The van der Waals surface area contributed by atoms with Crippen LogP contribution in [0.2, 0.25) is 0 Å². The smallest absolute Gasteiger partial charge is 0.281 e. The summed E-state index contributed by atoms with van der Waals surface area (Å²) in [5.41, 5.74) is 0.744. The Kier molecular flexibility index (Phi) is 5.68. The zero-order valence-corrected chi connectivity index (χ0v) is 17.0. The van der Waals surface area contributed by atoms with E-state index in [-0.39, 0.29) is 29.1 Å². The molecule has 6 nitrogen and oxygen atoms in total. The fraction of sp³-hybridized carbons (Fsp3) is 0.0909. The standard InChI is InChI=1S/C22H16F2N2O4S/c1-28-20-5-3-2-4-18(20)26-21(27)17(25-22(26)31)11-14-7-8-15(30-14)12-29-19-9-6-13(23)10-16(19)24/h2-11H,12H2,1H3,(H,25,31)/b17-11+. The predicted octanol–water partition coefficient (Wildman–Crippen LogP) is 4.41. The summed E-state index contributed by atoms with van der Waals surface area (Å²) in [6.45, 7) is -0.0706. The van der Waals surface area contributed by atoms with Gasteiger partial charge in [-0.2, -0.15) is 0 Å². The van der Waals surface area contributed by atoms with E-state index in [1.54, 1.807) is 36.4 Å². The summed E-state index contributed by atoms with van der Waals surface area (Å²) in [6, 6.07) is 13.3. The molecule has 3 aromatic rings. The first-order chi connectivity index (χ1) is 15.0. The highest BCUT2D eigenvalue weighted by molar-refractivity contribution is 7.80. The largest absolute Gasteiger partial charge is 0.495 e. The van der Waals surface area contributed by atoms with Crippen LogP contribution in [0.5, 0.6) is 11.5 Å². The Morgan fingerprint density at radius 1 is 1.13 bits per heavy atom. The van der Waals surface area contributed by atoms with E-state index >= 15 is 0 Å². The molecule has 9 heteroatoms. The topological polar surface area (TPSA) is 63.9 Å². The van der Waals surface area contributed by atoms with Crippen LogP contribution in [0.25, 0.3) is 6.08 Å². The number of methoxy groups -OCH3 is 1. The minimum Gasteiger partial charge on any atom is -0.495 e. The fourth-order valence-electron chi connectivity index (χ4n) is 3.00. The number of carbonyl (C=O) groups is 1. The van der Waals surface area contributed by atoms with Crippen LogP contribution in [0.4, 0.5) is 14.5 Å². The zero-order chi connectivity index (χ0) is 22.0. The number of thiocarbonyl (C=S) groups is 1. The molecule has 0 aliphatic carbocycles. The minimum absolute atomic E-state index is 0.0706. The second-order valence-corrected chi connectivity index (χ2v) is 6.85. The van der Waals surface area contributed by atoms with Gasteiger partial charge in [0.2, 0.25) is 0 Å². The summed E-state index contributed by atoms with van der Waals surface area (Å²) in [4.78, 5) is 14.2. The number of amides is 1. The molecule has 0 spiro atoms. The molecule has 1 aromatic heterocycles. The van der Waals surface area contributed by atoms with Crippen LogP contribution in [0.1, 0.15) is 11.5 Å². The quantitative estimate of drug-likeness (QED) is 0.451. The van der Waals surface area contributed by atoms with Crippen molar-refractivity contribution >= 4 is 35.0 Å². The zero-order valence-electron chi connectivity index (χ0n) is 16.2. The van der Waals surface area contributed by atoms with Gasteiger partial charge < -0.3 is 19.2 Å². The maximum Gasteiger partial charge on any atom is 0.281 e. The average molecular weight is 442 g/mol. The Hall–Kier alpha value is -3.72. The van der Waals surface area contributed by atoms with Gasteiger partial charge in [0.05, 0.1) is 12.8 Å². The van der Waals surface area contributed by atoms with Gasteiger partial charge in [0.15, 0.2) is 16.7 Å². The van der Waals surface area contributed by atoms with Gasteiger partial charge in [-0.05, 0) is 48.6 Å². The molecular weight excluding hydrogens is 426 g/mol. The van der Waals surface area contributed by atoms with E-state index in [4.69, 9.17) is 26.1 Å². The molecule has 1 amide bonds. The van der Waals surface area contributed by atoms with Crippen molar-refractivity contribution in [1.82, 2.24) is 5.32 Å². The Bertz CT molecular complexity index is 1190. The third-order valence-electron chi connectivity index (χ3n) is 4.44. The van der Waals surface area contributed by atoms with Crippen molar-refractivity contribution in [1.29, 1.82) is 0 Å². The van der Waals surface area contributed by atoms with E-state index in [2.05, 4.69) is 5.32 Å². The van der Waals surface area contributed by atoms with Gasteiger partial charge in [0.25, 0.3) is 5.91 Å². The first-order valence-corrected chi connectivity index (χ1v) is 9.54. The molecule has 2 aromatic carbocycles. The number of hydrogen-bond acceptors (Lipinski definition) is 5. The maximum atomic E-state index is 13.7. The van der Waals surface area contributed by atoms with Crippen molar-refractivity contribution in [3.8, 4) is 11.5 Å². The number of para-hydroxylation sites is 2. The number of rotatable bonds is 6. The predicted molar refractivity (Wildman–Crippen MR) is 114 cm³/mol. The van der Waals surface area contributed by atoms with Crippen LogP contribution < -0.4 is 19.7 Å². The average Bonchev–Trinajstić information content (AvgIpc) is 3.31. The lowest BCUT2D eigenvalue weighted by atomic mass is 10.2. The Labute approximate surface area is 181 Å². The molecular formula is C22H16F2N2O4S. The van der Waals surface area contributed by atoms with E-state index in [0.29, 0.717) is 23.0 Å². The number of furan rings is 1. The molecule has 0 radical (unpaired) electrons. The number of nitrogens with one attached hydrogen (secondary N) is 1. The van der Waals surface area contributed by atoms with Crippen LogP contribution in [0.3, 0.4) is 0 Å². The number of nitrogens with zero attached hydrogens (tertiary/aromatic N) is 1. The second kappa shape index (κ2) is 8.57. The summed E-state index contributed by atoms with van der Waals surface area (Å²) >= 11 is 5.31. The molecule has 1 aliphatic heterocycles. The van der Waals surface area contributed by atoms with Crippen molar-refractivity contribution in [2.75, 3.05) is 12.0 Å². The summed E-state index contributed by atoms with van der Waals surface area (Å²) < 4.78 is 42.9. The molecule has 1 fully saturated rings. The molecule has 158 valence electrons. The molecule has 1 N–H and O–H groups in total. The van der Waals surface area contributed by atoms with Crippen LogP contribution in [-0.2, 0) is 11.4 Å². The van der Waals surface area contributed by atoms with E-state index in [1.165, 1.54) is 24.2 Å². The molecule has 0 bridgehead atoms. The Balaban J connectivity index is 1.49. The van der Waals surface area contributed by atoms with Crippen LogP contribution >= 0.6 is 12.2 Å². The second-order valence-electron chi connectivity index (χ2n) is 6.47. The van der Waals surface area contributed by atoms with E-state index in [9.17, 15) is 13.6 Å². The highest BCUT2D eigenvalue weighted by Crippen LogP contribution is 2.31. The van der Waals surface area contributed by atoms with E-state index in [0.717, 1.165) is 12.1 Å². The highest BCUT2D eigenvalue weighted by atomic mass is 32.1. The van der Waals surface area contributed by atoms with Crippen molar-refractivity contribution in [2.24, 2.45) is 0 Å². The van der Waals surface area contributed by atoms with Crippen molar-refractivity contribution in [3.63, 3.8) is 0 Å². The fourth-order valence-corrected chi connectivity index (χ4v) is 3.29. The third-order valence-corrected chi connectivity index (χ3v) is 4.72. The number of halogens is 2. The van der Waals surface area contributed by atoms with Crippen LogP contribution in [0, 0.1) is 11.6 Å². The number of benzene rings is 2. The molecule has 0 unspecified atom stereocenters. The van der Waals surface area contributed by atoms with Gasteiger partial charge >= 0.3 is 0 Å². The lowest BCUT2D eigenvalue weighted by molar-refractivity contribution is -0.113. The molecule has 2 heterocycles.